The van der Waals surface area contributed by atoms with Crippen LogP contribution in [0.2, 0.25) is 0 Å². The van der Waals surface area contributed by atoms with Crippen molar-refractivity contribution in [3.63, 3.8) is 0 Å². The van der Waals surface area contributed by atoms with Crippen LogP contribution in [0, 0.1) is 16.0 Å². The molecule has 0 saturated carbocycles. The largest absolute Gasteiger partial charge is 0.352 e. The van der Waals surface area contributed by atoms with E-state index in [9.17, 15) is 19.7 Å². The number of non-ortho nitro benzene ring substituents is 1. The average Bonchev–Trinajstić information content (AvgIpc) is 2.88. The first-order valence-electron chi connectivity index (χ1n) is 11.5. The fraction of sp³-hybridized carbons (Fsp3) is 0.222. The quantitative estimate of drug-likeness (QED) is 0.149. The topological polar surface area (TPSA) is 107 Å². The summed E-state index contributed by atoms with van der Waals surface area (Å²) < 4.78 is 1.61. The molecule has 1 heterocycles. The van der Waals surface area contributed by atoms with Crippen molar-refractivity contribution in [3.8, 4) is 0 Å². The number of rotatable bonds is 9. The van der Waals surface area contributed by atoms with Crippen molar-refractivity contribution in [1.82, 2.24) is 14.9 Å². The third-order valence-electron chi connectivity index (χ3n) is 5.53. The Morgan fingerprint density at radius 2 is 1.81 bits per heavy atom. The zero-order valence-corrected chi connectivity index (χ0v) is 20.8. The highest BCUT2D eigenvalue weighted by Crippen LogP contribution is 2.25. The molecule has 0 bridgehead atoms. The number of carbonyl (C=O) groups is 1. The molecule has 8 nitrogen and oxygen atoms in total. The fourth-order valence-electron chi connectivity index (χ4n) is 3.66. The molecule has 0 unspecified atom stereocenters. The molecule has 1 N–H and O–H groups in total. The molecule has 1 amide bonds. The van der Waals surface area contributed by atoms with Gasteiger partial charge >= 0.3 is 0 Å². The van der Waals surface area contributed by atoms with Gasteiger partial charge in [0.15, 0.2) is 5.16 Å². The average molecular weight is 503 g/mol. The molecule has 0 saturated heterocycles. The summed E-state index contributed by atoms with van der Waals surface area (Å²) in [6, 6.07) is 20.9. The number of nitrogens with zero attached hydrogens (tertiary/aromatic N) is 3. The molecule has 0 atom stereocenters. The first-order chi connectivity index (χ1) is 17.3. The first-order valence-corrected chi connectivity index (χ1v) is 12.5. The molecule has 0 spiro atoms. The van der Waals surface area contributed by atoms with E-state index in [1.54, 1.807) is 34.9 Å². The fourth-order valence-corrected chi connectivity index (χ4v) is 4.61. The Morgan fingerprint density at radius 3 is 2.53 bits per heavy atom. The number of amides is 1. The van der Waals surface area contributed by atoms with Gasteiger partial charge in [-0.3, -0.25) is 24.3 Å². The summed E-state index contributed by atoms with van der Waals surface area (Å²) in [5.41, 5.74) is 2.37. The Labute approximate surface area is 212 Å². The van der Waals surface area contributed by atoms with Crippen molar-refractivity contribution in [2.75, 3.05) is 6.54 Å². The minimum absolute atomic E-state index is 0.0123. The van der Waals surface area contributed by atoms with Crippen LogP contribution in [0.15, 0.2) is 82.7 Å². The Kier molecular flexibility index (Phi) is 7.80. The second-order valence-corrected chi connectivity index (χ2v) is 9.77. The van der Waals surface area contributed by atoms with Gasteiger partial charge < -0.3 is 5.32 Å². The summed E-state index contributed by atoms with van der Waals surface area (Å²) in [5.74, 6) is 0.490. The Morgan fingerprint density at radius 1 is 1.06 bits per heavy atom. The smallest absolute Gasteiger partial charge is 0.269 e. The van der Waals surface area contributed by atoms with Crippen LogP contribution in [-0.2, 0) is 12.3 Å². The van der Waals surface area contributed by atoms with Crippen LogP contribution < -0.4 is 10.9 Å². The Hall–Kier alpha value is -3.98. The zero-order chi connectivity index (χ0) is 25.7. The van der Waals surface area contributed by atoms with Crippen LogP contribution in [0.5, 0.6) is 0 Å². The van der Waals surface area contributed by atoms with Crippen molar-refractivity contribution < 1.29 is 9.72 Å². The van der Waals surface area contributed by atoms with Crippen LogP contribution in [-0.4, -0.2) is 26.9 Å². The van der Waals surface area contributed by atoms with Crippen LogP contribution in [0.1, 0.15) is 35.3 Å². The summed E-state index contributed by atoms with van der Waals surface area (Å²) in [6.45, 7) is 4.91. The monoisotopic (exact) mass is 502 g/mol. The molecule has 0 aliphatic heterocycles. The molecule has 1 aromatic heterocycles. The molecular weight excluding hydrogens is 476 g/mol. The normalized spacial score (nSPS) is 11.1. The Bertz CT molecular complexity index is 1470. The van der Waals surface area contributed by atoms with Crippen molar-refractivity contribution in [3.05, 3.63) is 110 Å². The van der Waals surface area contributed by atoms with Gasteiger partial charge in [0.2, 0.25) is 0 Å². The van der Waals surface area contributed by atoms with Crippen LogP contribution in [0.4, 0.5) is 5.69 Å². The van der Waals surface area contributed by atoms with E-state index in [0.717, 1.165) is 11.1 Å². The van der Waals surface area contributed by atoms with Crippen molar-refractivity contribution in [1.29, 1.82) is 0 Å². The lowest BCUT2D eigenvalue weighted by molar-refractivity contribution is -0.384. The van der Waals surface area contributed by atoms with Gasteiger partial charge in [0.1, 0.15) is 0 Å². The van der Waals surface area contributed by atoms with Crippen molar-refractivity contribution in [2.45, 2.75) is 31.3 Å². The number of thioether (sulfide) groups is 1. The van der Waals surface area contributed by atoms with Gasteiger partial charge in [0, 0.05) is 30.0 Å². The molecule has 4 aromatic rings. The van der Waals surface area contributed by atoms with Gasteiger partial charge in [-0.15, -0.1) is 0 Å². The van der Waals surface area contributed by atoms with Crippen LogP contribution >= 0.6 is 11.8 Å². The number of hydrogen-bond acceptors (Lipinski definition) is 6. The summed E-state index contributed by atoms with van der Waals surface area (Å²) in [4.78, 5) is 41.6. The number of nitro benzene ring substituents is 1. The number of hydrogen-bond donors (Lipinski definition) is 1. The number of carbonyl (C=O) groups excluding carboxylic acids is 1. The molecule has 9 heteroatoms. The zero-order valence-electron chi connectivity index (χ0n) is 20.0. The molecule has 0 aliphatic rings. The van der Waals surface area contributed by atoms with Crippen LogP contribution in [0.3, 0.4) is 0 Å². The van der Waals surface area contributed by atoms with Gasteiger partial charge in [0.05, 0.1) is 22.4 Å². The third-order valence-corrected chi connectivity index (χ3v) is 6.57. The summed E-state index contributed by atoms with van der Waals surface area (Å²) in [7, 11) is 0. The minimum atomic E-state index is -0.431. The van der Waals surface area contributed by atoms with E-state index >= 15 is 0 Å². The van der Waals surface area contributed by atoms with Crippen molar-refractivity contribution in [2.24, 2.45) is 5.92 Å². The van der Waals surface area contributed by atoms with E-state index in [-0.39, 0.29) is 17.2 Å². The van der Waals surface area contributed by atoms with E-state index in [2.05, 4.69) is 5.32 Å². The molecule has 36 heavy (non-hydrogen) atoms. The van der Waals surface area contributed by atoms with Gasteiger partial charge in [-0.25, -0.2) is 4.98 Å². The number of benzene rings is 3. The maximum absolute atomic E-state index is 13.5. The standard InChI is InChI=1S/C27H26N4O4S/c1-18(2)15-28-25(32)21-11-12-23-24(14-21)29-27(30(26(23)33)16-19-7-4-3-5-8-19)36-17-20-9-6-10-22(13-20)31(34)35/h3-14,18H,15-17H2,1-2H3,(H,28,32). The number of aromatic nitrogens is 2. The lowest BCUT2D eigenvalue weighted by atomic mass is 10.1. The first kappa shape index (κ1) is 25.1. The molecule has 0 aliphatic carbocycles. The number of nitrogens with one attached hydrogen (secondary N) is 1. The Balaban J connectivity index is 1.73. The highest BCUT2D eigenvalue weighted by atomic mass is 32.2. The third kappa shape index (κ3) is 5.98. The molecule has 4 rings (SSSR count). The number of nitro groups is 1. The molecule has 0 radical (unpaired) electrons. The summed E-state index contributed by atoms with van der Waals surface area (Å²) in [6.07, 6.45) is 0. The maximum Gasteiger partial charge on any atom is 0.269 e. The maximum atomic E-state index is 13.5. The van der Waals surface area contributed by atoms with Gasteiger partial charge in [0.25, 0.3) is 17.2 Å². The van der Waals surface area contributed by atoms with E-state index in [1.807, 2.05) is 44.2 Å². The van der Waals surface area contributed by atoms with E-state index < -0.39 is 4.92 Å². The van der Waals surface area contributed by atoms with E-state index in [4.69, 9.17) is 4.98 Å². The van der Waals surface area contributed by atoms with Crippen molar-refractivity contribution >= 4 is 34.3 Å². The second-order valence-electron chi connectivity index (χ2n) is 8.82. The lowest BCUT2D eigenvalue weighted by Crippen LogP contribution is -2.28. The van der Waals surface area contributed by atoms with E-state index in [0.29, 0.717) is 46.4 Å². The molecule has 3 aromatic carbocycles. The predicted molar refractivity (Wildman–Crippen MR) is 141 cm³/mol. The summed E-state index contributed by atoms with van der Waals surface area (Å²) >= 11 is 1.33. The molecule has 0 fully saturated rings. The predicted octanol–water partition coefficient (Wildman–Crippen LogP) is 5.03. The highest BCUT2D eigenvalue weighted by Gasteiger charge is 2.16. The number of fused-ring (bicyclic) bond motifs is 1. The summed E-state index contributed by atoms with van der Waals surface area (Å²) in [5, 5.41) is 14.9. The molecule has 184 valence electrons. The lowest BCUT2D eigenvalue weighted by Gasteiger charge is -2.14. The van der Waals surface area contributed by atoms with Gasteiger partial charge in [-0.05, 0) is 35.2 Å². The second kappa shape index (κ2) is 11.2. The molecular formula is C27H26N4O4S. The highest BCUT2D eigenvalue weighted by molar-refractivity contribution is 7.98. The van der Waals surface area contributed by atoms with E-state index in [1.165, 1.54) is 23.9 Å². The van der Waals surface area contributed by atoms with Gasteiger partial charge in [-0.1, -0.05) is 68.1 Å². The van der Waals surface area contributed by atoms with Crippen LogP contribution in [0.25, 0.3) is 10.9 Å². The van der Waals surface area contributed by atoms with Gasteiger partial charge in [-0.2, -0.15) is 0 Å². The SMILES string of the molecule is CC(C)CNC(=O)c1ccc2c(=O)n(Cc3ccccc3)c(SCc3cccc([N+](=O)[O-])c3)nc2c1. The minimum Gasteiger partial charge on any atom is -0.352 e.